The second kappa shape index (κ2) is 6.24. The van der Waals surface area contributed by atoms with Crippen LogP contribution in [-0.4, -0.2) is 5.91 Å². The number of nitrogen functional groups attached to an aromatic ring is 1. The van der Waals surface area contributed by atoms with E-state index >= 15 is 0 Å². The first kappa shape index (κ1) is 14.1. The smallest absolute Gasteiger partial charge is 0.255 e. The van der Waals surface area contributed by atoms with Crippen molar-refractivity contribution in [3.8, 4) is 0 Å². The van der Waals surface area contributed by atoms with Crippen LogP contribution in [0.25, 0.3) is 0 Å². The average Bonchev–Trinajstić information content (AvgIpc) is 2.47. The van der Waals surface area contributed by atoms with Crippen molar-refractivity contribution in [2.75, 3.05) is 11.1 Å². The lowest BCUT2D eigenvalue weighted by Gasteiger charge is -2.15. The molecule has 0 aliphatic rings. The molecule has 3 N–H and O–H groups in total. The number of hydrogen-bond acceptors (Lipinski definition) is 2. The Kier molecular flexibility index (Phi) is 4.41. The van der Waals surface area contributed by atoms with Gasteiger partial charge >= 0.3 is 0 Å². The number of anilines is 2. The van der Waals surface area contributed by atoms with Crippen LogP contribution < -0.4 is 11.1 Å². The minimum absolute atomic E-state index is 0.131. The molecule has 0 fully saturated rings. The lowest BCUT2D eigenvalue weighted by atomic mass is 9.97. The highest BCUT2D eigenvalue weighted by molar-refractivity contribution is 6.05. The molecule has 2 aromatic carbocycles. The third kappa shape index (κ3) is 3.18. The van der Waals surface area contributed by atoms with Gasteiger partial charge in [0.15, 0.2) is 0 Å². The normalized spacial score (nSPS) is 11.9. The third-order valence-electron chi connectivity index (χ3n) is 3.50. The number of benzene rings is 2. The van der Waals surface area contributed by atoms with Gasteiger partial charge < -0.3 is 11.1 Å². The lowest BCUT2D eigenvalue weighted by molar-refractivity contribution is 0.102. The Morgan fingerprint density at radius 3 is 2.65 bits per heavy atom. The summed E-state index contributed by atoms with van der Waals surface area (Å²) < 4.78 is 0. The first-order valence-electron chi connectivity index (χ1n) is 6.87. The fraction of sp³-hybridized carbons (Fsp3) is 0.235. The van der Waals surface area contributed by atoms with E-state index in [0.717, 1.165) is 17.7 Å². The van der Waals surface area contributed by atoms with Crippen molar-refractivity contribution in [1.29, 1.82) is 0 Å². The monoisotopic (exact) mass is 268 g/mol. The van der Waals surface area contributed by atoms with E-state index in [9.17, 15) is 4.79 Å². The van der Waals surface area contributed by atoms with E-state index in [4.69, 9.17) is 5.73 Å². The molecule has 0 aliphatic heterocycles. The van der Waals surface area contributed by atoms with Crippen LogP contribution in [0.1, 0.15) is 42.1 Å². The fourth-order valence-electron chi connectivity index (χ4n) is 2.13. The molecule has 0 bridgehead atoms. The molecule has 0 saturated carbocycles. The highest BCUT2D eigenvalue weighted by atomic mass is 16.1. The van der Waals surface area contributed by atoms with Gasteiger partial charge in [-0.25, -0.2) is 0 Å². The largest absolute Gasteiger partial charge is 0.399 e. The Bertz CT molecular complexity index is 607. The van der Waals surface area contributed by atoms with E-state index in [2.05, 4.69) is 25.2 Å². The molecular weight excluding hydrogens is 248 g/mol. The maximum atomic E-state index is 12.3. The molecule has 0 heterocycles. The summed E-state index contributed by atoms with van der Waals surface area (Å²) in [5.41, 5.74) is 8.90. The number of nitrogens with one attached hydrogen (secondary N) is 1. The lowest BCUT2D eigenvalue weighted by Crippen LogP contribution is -2.14. The first-order chi connectivity index (χ1) is 9.61. The summed E-state index contributed by atoms with van der Waals surface area (Å²) in [6.07, 6.45) is 1.03. The number of carbonyl (C=O) groups is 1. The number of nitrogens with two attached hydrogens (primary N) is 1. The summed E-state index contributed by atoms with van der Waals surface area (Å²) in [4.78, 5) is 12.3. The quantitative estimate of drug-likeness (QED) is 0.822. The molecule has 3 nitrogen and oxygen atoms in total. The van der Waals surface area contributed by atoms with Crippen LogP contribution in [0.5, 0.6) is 0 Å². The van der Waals surface area contributed by atoms with Crippen molar-refractivity contribution in [2.45, 2.75) is 26.2 Å². The molecule has 0 aromatic heterocycles. The van der Waals surface area contributed by atoms with E-state index in [1.54, 1.807) is 24.3 Å². The maximum absolute atomic E-state index is 12.3. The van der Waals surface area contributed by atoms with E-state index < -0.39 is 0 Å². The zero-order valence-electron chi connectivity index (χ0n) is 11.9. The minimum atomic E-state index is -0.131. The Morgan fingerprint density at radius 2 is 1.95 bits per heavy atom. The molecule has 20 heavy (non-hydrogen) atoms. The van der Waals surface area contributed by atoms with Crippen LogP contribution >= 0.6 is 0 Å². The van der Waals surface area contributed by atoms with Crippen molar-refractivity contribution in [1.82, 2.24) is 0 Å². The second-order valence-corrected chi connectivity index (χ2v) is 4.98. The van der Waals surface area contributed by atoms with Gasteiger partial charge in [-0.1, -0.05) is 38.1 Å². The van der Waals surface area contributed by atoms with Gasteiger partial charge in [-0.2, -0.15) is 0 Å². The van der Waals surface area contributed by atoms with Gasteiger partial charge in [-0.15, -0.1) is 0 Å². The zero-order valence-corrected chi connectivity index (χ0v) is 11.9. The van der Waals surface area contributed by atoms with Crippen molar-refractivity contribution in [3.05, 3.63) is 59.7 Å². The first-order valence-corrected chi connectivity index (χ1v) is 6.87. The number of carbonyl (C=O) groups excluding carboxylic acids is 1. The Morgan fingerprint density at radius 1 is 1.20 bits per heavy atom. The van der Waals surface area contributed by atoms with Gasteiger partial charge in [0.1, 0.15) is 0 Å². The van der Waals surface area contributed by atoms with E-state index in [-0.39, 0.29) is 5.91 Å². The predicted octanol–water partition coefficient (Wildman–Crippen LogP) is 4.03. The molecule has 104 valence electrons. The third-order valence-corrected chi connectivity index (χ3v) is 3.50. The molecule has 2 aromatic rings. The molecule has 0 aliphatic carbocycles. The van der Waals surface area contributed by atoms with Crippen LogP contribution in [0.4, 0.5) is 11.4 Å². The van der Waals surface area contributed by atoms with Crippen LogP contribution in [0.2, 0.25) is 0 Å². The minimum Gasteiger partial charge on any atom is -0.399 e. The molecule has 0 unspecified atom stereocenters. The topological polar surface area (TPSA) is 55.1 Å². The second-order valence-electron chi connectivity index (χ2n) is 4.98. The van der Waals surface area contributed by atoms with Crippen molar-refractivity contribution < 1.29 is 4.79 Å². The van der Waals surface area contributed by atoms with Crippen molar-refractivity contribution >= 4 is 17.3 Å². The van der Waals surface area contributed by atoms with Crippen molar-refractivity contribution in [3.63, 3.8) is 0 Å². The summed E-state index contributed by atoms with van der Waals surface area (Å²) in [6, 6.07) is 14.9. The van der Waals surface area contributed by atoms with Crippen LogP contribution in [0, 0.1) is 0 Å². The predicted molar refractivity (Wildman–Crippen MR) is 84.0 cm³/mol. The van der Waals surface area contributed by atoms with Crippen molar-refractivity contribution in [2.24, 2.45) is 0 Å². The van der Waals surface area contributed by atoms with Crippen LogP contribution in [0.15, 0.2) is 48.5 Å². The van der Waals surface area contributed by atoms with Gasteiger partial charge in [0.05, 0.1) is 0 Å². The summed E-state index contributed by atoms with van der Waals surface area (Å²) in [7, 11) is 0. The van der Waals surface area contributed by atoms with E-state index in [0.29, 0.717) is 17.2 Å². The fourth-order valence-corrected chi connectivity index (χ4v) is 2.13. The van der Waals surface area contributed by atoms with E-state index in [1.165, 1.54) is 0 Å². The average molecular weight is 268 g/mol. The zero-order chi connectivity index (χ0) is 14.5. The summed E-state index contributed by atoms with van der Waals surface area (Å²) in [5, 5.41) is 2.97. The Balaban J connectivity index is 2.24. The molecule has 0 radical (unpaired) electrons. The van der Waals surface area contributed by atoms with Gasteiger partial charge in [0, 0.05) is 16.9 Å². The highest BCUT2D eigenvalue weighted by Gasteiger charge is 2.12. The van der Waals surface area contributed by atoms with Gasteiger partial charge in [0.2, 0.25) is 0 Å². The molecule has 0 spiro atoms. The SMILES string of the molecule is CC[C@@H](C)c1ccccc1NC(=O)c1cccc(N)c1. The molecule has 3 heteroatoms. The van der Waals surface area contributed by atoms with Gasteiger partial charge in [-0.05, 0) is 42.2 Å². The molecule has 1 atom stereocenters. The molecule has 1 amide bonds. The van der Waals surface area contributed by atoms with Gasteiger partial charge in [-0.3, -0.25) is 4.79 Å². The van der Waals surface area contributed by atoms with Crippen LogP contribution in [-0.2, 0) is 0 Å². The summed E-state index contributed by atoms with van der Waals surface area (Å²) >= 11 is 0. The Labute approximate surface area is 119 Å². The van der Waals surface area contributed by atoms with Crippen LogP contribution in [0.3, 0.4) is 0 Å². The van der Waals surface area contributed by atoms with Gasteiger partial charge in [0.25, 0.3) is 5.91 Å². The number of amides is 1. The number of para-hydroxylation sites is 1. The molecular formula is C17H20N2O. The summed E-state index contributed by atoms with van der Waals surface area (Å²) in [5.74, 6) is 0.278. The highest BCUT2D eigenvalue weighted by Crippen LogP contribution is 2.26. The number of rotatable bonds is 4. The Hall–Kier alpha value is -2.29. The standard InChI is InChI=1S/C17H20N2O/c1-3-12(2)15-9-4-5-10-16(15)19-17(20)13-7-6-8-14(18)11-13/h4-12H,3,18H2,1-2H3,(H,19,20)/t12-/m1/s1. The number of hydrogen-bond donors (Lipinski definition) is 2. The van der Waals surface area contributed by atoms with E-state index in [1.807, 2.05) is 18.2 Å². The molecule has 0 saturated heterocycles. The maximum Gasteiger partial charge on any atom is 0.255 e. The summed E-state index contributed by atoms with van der Waals surface area (Å²) in [6.45, 7) is 4.30. The molecule has 2 rings (SSSR count).